The largest absolute Gasteiger partial charge is 0.290 e. The van der Waals surface area contributed by atoms with Crippen LogP contribution in [0, 0.1) is 5.82 Å². The highest BCUT2D eigenvalue weighted by atomic mass is 19.1. The van der Waals surface area contributed by atoms with Crippen molar-refractivity contribution in [1.29, 1.82) is 0 Å². The van der Waals surface area contributed by atoms with Crippen LogP contribution in [0.2, 0.25) is 0 Å². The second kappa shape index (κ2) is 7.38. The Labute approximate surface area is 153 Å². The van der Waals surface area contributed by atoms with Crippen LogP contribution in [0.1, 0.15) is 41.4 Å². The van der Waals surface area contributed by atoms with Gasteiger partial charge in [0.2, 0.25) is 0 Å². The van der Waals surface area contributed by atoms with Crippen molar-refractivity contribution in [3.63, 3.8) is 0 Å². The first-order valence-corrected chi connectivity index (χ1v) is 9.09. The molecule has 0 amide bonds. The molecule has 4 rings (SSSR count). The van der Waals surface area contributed by atoms with Crippen molar-refractivity contribution in [2.45, 2.75) is 31.8 Å². The second-order valence-electron chi connectivity index (χ2n) is 7.01. The Morgan fingerprint density at radius 3 is 2.73 bits per heavy atom. The van der Waals surface area contributed by atoms with Gasteiger partial charge < -0.3 is 0 Å². The molecule has 3 heterocycles. The highest BCUT2D eigenvalue weighted by Crippen LogP contribution is 2.32. The molecule has 2 aromatic heterocycles. The SMILES string of the molecule is Cn1cc(CN2CCC[C@@H]2c2cccc(Cc3ccc(F)cc3)n2)cn1. The molecule has 5 heteroatoms. The van der Waals surface area contributed by atoms with E-state index in [1.54, 1.807) is 0 Å². The van der Waals surface area contributed by atoms with E-state index in [9.17, 15) is 4.39 Å². The minimum atomic E-state index is -0.201. The summed E-state index contributed by atoms with van der Waals surface area (Å²) in [6.07, 6.45) is 7.06. The first kappa shape index (κ1) is 16.9. The maximum atomic E-state index is 13.1. The molecule has 1 aliphatic rings. The molecule has 3 aromatic rings. The lowest BCUT2D eigenvalue weighted by Crippen LogP contribution is -2.23. The summed E-state index contributed by atoms with van der Waals surface area (Å²) in [5.74, 6) is -0.201. The molecule has 1 fully saturated rings. The van der Waals surface area contributed by atoms with Gasteiger partial charge in [-0.1, -0.05) is 18.2 Å². The smallest absolute Gasteiger partial charge is 0.123 e. The molecular weight excluding hydrogens is 327 g/mol. The molecule has 1 aromatic carbocycles. The van der Waals surface area contributed by atoms with Gasteiger partial charge in [-0.2, -0.15) is 5.10 Å². The van der Waals surface area contributed by atoms with E-state index in [1.807, 2.05) is 36.1 Å². The summed E-state index contributed by atoms with van der Waals surface area (Å²) in [7, 11) is 1.95. The van der Waals surface area contributed by atoms with Crippen LogP contribution >= 0.6 is 0 Å². The number of pyridine rings is 1. The van der Waals surface area contributed by atoms with E-state index in [4.69, 9.17) is 4.98 Å². The molecule has 0 unspecified atom stereocenters. The maximum absolute atomic E-state index is 13.1. The van der Waals surface area contributed by atoms with Gasteiger partial charge in [0.15, 0.2) is 0 Å². The van der Waals surface area contributed by atoms with Crippen molar-refractivity contribution in [2.75, 3.05) is 6.54 Å². The number of nitrogens with zero attached hydrogens (tertiary/aromatic N) is 4. The van der Waals surface area contributed by atoms with E-state index < -0.39 is 0 Å². The Hall–Kier alpha value is -2.53. The zero-order valence-electron chi connectivity index (χ0n) is 15.0. The third kappa shape index (κ3) is 3.83. The van der Waals surface area contributed by atoms with Crippen molar-refractivity contribution in [3.8, 4) is 0 Å². The predicted molar refractivity (Wildman–Crippen MR) is 99.0 cm³/mol. The van der Waals surface area contributed by atoms with Gasteiger partial charge in [-0.3, -0.25) is 14.6 Å². The lowest BCUT2D eigenvalue weighted by atomic mass is 10.1. The van der Waals surface area contributed by atoms with E-state index in [0.717, 1.165) is 42.9 Å². The van der Waals surface area contributed by atoms with E-state index in [1.165, 1.54) is 24.1 Å². The van der Waals surface area contributed by atoms with Gasteiger partial charge in [0.05, 0.1) is 17.9 Å². The summed E-state index contributed by atoms with van der Waals surface area (Å²) in [6, 6.07) is 13.3. The number of rotatable bonds is 5. The lowest BCUT2D eigenvalue weighted by Gasteiger charge is -2.23. The highest BCUT2D eigenvalue weighted by molar-refractivity contribution is 5.24. The second-order valence-corrected chi connectivity index (χ2v) is 7.01. The monoisotopic (exact) mass is 350 g/mol. The minimum Gasteiger partial charge on any atom is -0.290 e. The summed E-state index contributed by atoms with van der Waals surface area (Å²) in [4.78, 5) is 7.40. The fourth-order valence-corrected chi connectivity index (χ4v) is 3.73. The molecule has 0 N–H and O–H groups in total. The summed E-state index contributed by atoms with van der Waals surface area (Å²) in [5, 5.41) is 4.27. The fraction of sp³-hybridized carbons (Fsp3) is 0.333. The zero-order chi connectivity index (χ0) is 17.9. The average Bonchev–Trinajstić information content (AvgIpc) is 3.26. The van der Waals surface area contributed by atoms with Crippen LogP contribution in [0.15, 0.2) is 54.9 Å². The topological polar surface area (TPSA) is 34.0 Å². The molecule has 0 saturated carbocycles. The van der Waals surface area contributed by atoms with Crippen LogP contribution < -0.4 is 0 Å². The van der Waals surface area contributed by atoms with Crippen LogP contribution in [0.3, 0.4) is 0 Å². The number of hydrogen-bond donors (Lipinski definition) is 0. The first-order valence-electron chi connectivity index (χ1n) is 9.09. The quantitative estimate of drug-likeness (QED) is 0.700. The third-order valence-electron chi connectivity index (χ3n) is 4.98. The Balaban J connectivity index is 1.50. The van der Waals surface area contributed by atoms with Crippen molar-refractivity contribution >= 4 is 0 Å². The standard InChI is InChI=1S/C21H23FN4/c1-25-14-17(13-23-25)15-26-11-3-6-21(26)20-5-2-4-19(24-20)12-16-7-9-18(22)10-8-16/h2,4-5,7-10,13-14,21H,3,6,11-12,15H2,1H3/t21-/m1/s1. The van der Waals surface area contributed by atoms with Gasteiger partial charge in [-0.25, -0.2) is 4.39 Å². The number of halogens is 1. The summed E-state index contributed by atoms with van der Waals surface area (Å²) in [6.45, 7) is 1.99. The van der Waals surface area contributed by atoms with Crippen LogP contribution in [0.5, 0.6) is 0 Å². The molecule has 134 valence electrons. The molecule has 0 radical (unpaired) electrons. The Kier molecular flexibility index (Phi) is 4.80. The Morgan fingerprint density at radius 2 is 1.96 bits per heavy atom. The molecule has 0 aliphatic carbocycles. The number of aryl methyl sites for hydroxylation is 1. The summed E-state index contributed by atoms with van der Waals surface area (Å²) < 4.78 is 14.9. The predicted octanol–water partition coefficient (Wildman–Crippen LogP) is 3.88. The molecule has 1 saturated heterocycles. The fourth-order valence-electron chi connectivity index (χ4n) is 3.73. The van der Waals surface area contributed by atoms with Crippen LogP contribution in [0.25, 0.3) is 0 Å². The van der Waals surface area contributed by atoms with Crippen molar-refractivity contribution < 1.29 is 4.39 Å². The number of hydrogen-bond acceptors (Lipinski definition) is 3. The number of benzene rings is 1. The molecular formula is C21H23FN4. The molecule has 1 aliphatic heterocycles. The third-order valence-corrected chi connectivity index (χ3v) is 4.98. The average molecular weight is 350 g/mol. The number of likely N-dealkylation sites (tertiary alicyclic amines) is 1. The maximum Gasteiger partial charge on any atom is 0.123 e. The molecule has 0 bridgehead atoms. The van der Waals surface area contributed by atoms with Crippen molar-refractivity contribution in [3.05, 3.63) is 83.2 Å². The summed E-state index contributed by atoms with van der Waals surface area (Å²) in [5.41, 5.74) is 4.48. The van der Waals surface area contributed by atoms with Crippen molar-refractivity contribution in [2.24, 2.45) is 7.05 Å². The van der Waals surface area contributed by atoms with E-state index in [0.29, 0.717) is 6.04 Å². The molecule has 26 heavy (non-hydrogen) atoms. The van der Waals surface area contributed by atoms with E-state index >= 15 is 0 Å². The van der Waals surface area contributed by atoms with Gasteiger partial charge in [-0.15, -0.1) is 0 Å². The summed E-state index contributed by atoms with van der Waals surface area (Å²) >= 11 is 0. The minimum absolute atomic E-state index is 0.201. The first-order chi connectivity index (χ1) is 12.7. The van der Waals surface area contributed by atoms with Gasteiger partial charge in [0, 0.05) is 37.5 Å². The zero-order valence-corrected chi connectivity index (χ0v) is 15.0. The van der Waals surface area contributed by atoms with Gasteiger partial charge in [0.1, 0.15) is 5.82 Å². The lowest BCUT2D eigenvalue weighted by molar-refractivity contribution is 0.244. The molecule has 4 nitrogen and oxygen atoms in total. The van der Waals surface area contributed by atoms with Crippen LogP contribution in [0.4, 0.5) is 4.39 Å². The van der Waals surface area contributed by atoms with Crippen LogP contribution in [-0.4, -0.2) is 26.2 Å². The number of aromatic nitrogens is 3. The van der Waals surface area contributed by atoms with Gasteiger partial charge in [0.25, 0.3) is 0 Å². The highest BCUT2D eigenvalue weighted by Gasteiger charge is 2.27. The van der Waals surface area contributed by atoms with Gasteiger partial charge >= 0.3 is 0 Å². The Bertz CT molecular complexity index is 872. The molecule has 1 atom stereocenters. The van der Waals surface area contributed by atoms with E-state index in [2.05, 4.69) is 28.3 Å². The van der Waals surface area contributed by atoms with Crippen molar-refractivity contribution in [1.82, 2.24) is 19.7 Å². The normalized spacial score (nSPS) is 17.7. The van der Waals surface area contributed by atoms with Crippen LogP contribution in [-0.2, 0) is 20.0 Å². The van der Waals surface area contributed by atoms with E-state index in [-0.39, 0.29) is 5.82 Å². The van der Waals surface area contributed by atoms with Gasteiger partial charge in [-0.05, 0) is 49.2 Å². The Morgan fingerprint density at radius 1 is 1.12 bits per heavy atom. The molecule has 0 spiro atoms.